The summed E-state index contributed by atoms with van der Waals surface area (Å²) in [5.41, 5.74) is 24.0. The molecule has 0 spiro atoms. The first-order valence-corrected chi connectivity index (χ1v) is 45.4. The molecule has 4 aromatic heterocycles. The quantitative estimate of drug-likeness (QED) is 0.00956. The fourth-order valence-electron chi connectivity index (χ4n) is 16.5. The van der Waals surface area contributed by atoms with Crippen LogP contribution in [0.2, 0.25) is 0 Å². The second-order valence-corrected chi connectivity index (χ2v) is 33.9. The van der Waals surface area contributed by atoms with Gasteiger partial charge in [-0.05, 0) is 145 Å². The van der Waals surface area contributed by atoms with Gasteiger partial charge in [0.05, 0.1) is 128 Å². The summed E-state index contributed by atoms with van der Waals surface area (Å²) < 4.78 is 72.4. The summed E-state index contributed by atoms with van der Waals surface area (Å²) in [5.74, 6) is -9.21. The van der Waals surface area contributed by atoms with Crippen LogP contribution in [-0.2, 0) is 103 Å². The Morgan fingerprint density at radius 3 is 2.02 bits per heavy atom. The summed E-state index contributed by atoms with van der Waals surface area (Å²) >= 11 is 0. The second-order valence-electron chi connectivity index (χ2n) is 33.9. The molecule has 1 aromatic carbocycles. The standard InChI is InChI=1S/C91H137N15O23/c1-58-17-10-9-11-18-59(2)74(118-7)54-67-25-22-63(6)91(117,129-67)85(114)88(115)104-33-14-12-20-71(104)89(116)127-75(55-72(107)60(3)50-62(5)83(112)84(113)82(111)61(4)49-58)68(92)51-64-23-26-70(76(52-64)119-8)106-56-66(101-103-106)19-16-21-77(108)96-31-37-122-41-45-124-43-39-121-36-29-79(110)97-32-38-123-42-46-126-48-47-125-44-40-120-35-28-78(109)95-30-13-15-34-105-87-80(86(93)98-57-99-87)81(102-105)65-24-27-73-69(53-65)100-90(94)128-73/h9-11,17-18,24,27,50,53,56-58,60-61,63-64,67-68,70-71,74-76,83-84,112-113,117H,12-16,19-23,25-26,28-49,51-52,54-55,92H2,1-8H3,(H2,94,100)(H,95,109)(H,96,108)(H,97,110)(H2,93,98,99)/b11-9+,17-10+,59-18+,62-50+/t58-,60-,61-,63-,64+,67+,68-,70+,71+,74+,75+,76-,83-,84+,91-/m1/s1. The molecule has 1 saturated carbocycles. The fraction of sp³-hybridized carbons (Fsp3) is 0.670. The number of oxazole rings is 1. The molecule has 2 saturated heterocycles. The zero-order valence-corrected chi connectivity index (χ0v) is 76.1. The van der Waals surface area contributed by atoms with E-state index in [4.69, 9.17) is 78.8 Å². The highest BCUT2D eigenvalue weighted by molar-refractivity contribution is 6.39. The summed E-state index contributed by atoms with van der Waals surface area (Å²) in [6, 6.07) is 3.15. The molecule has 38 heteroatoms. The molecule has 4 aliphatic rings. The monoisotopic (exact) mass is 1810 g/mol. The Labute approximate surface area is 753 Å². The molecule has 2 bridgehead atoms. The van der Waals surface area contributed by atoms with Crippen molar-refractivity contribution in [3.8, 4) is 11.3 Å². The van der Waals surface area contributed by atoms with Crippen LogP contribution in [0.4, 0.5) is 11.8 Å². The zero-order chi connectivity index (χ0) is 92.8. The Balaban J connectivity index is 0.588. The van der Waals surface area contributed by atoms with Crippen LogP contribution in [0.1, 0.15) is 169 Å². The van der Waals surface area contributed by atoms with E-state index in [9.17, 15) is 53.7 Å². The Kier molecular flexibility index (Phi) is 43.2. The Morgan fingerprint density at radius 2 is 1.35 bits per heavy atom. The molecule has 3 fully saturated rings. The molecule has 1 aliphatic carbocycles. The van der Waals surface area contributed by atoms with Crippen molar-refractivity contribution in [2.24, 2.45) is 35.3 Å². The van der Waals surface area contributed by atoms with Gasteiger partial charge in [-0.2, -0.15) is 10.1 Å². The Morgan fingerprint density at radius 1 is 0.698 bits per heavy atom. The number of carbonyl (C=O) groups is 8. The van der Waals surface area contributed by atoms with Crippen LogP contribution < -0.4 is 33.2 Å². The van der Waals surface area contributed by atoms with E-state index in [0.717, 1.165) is 28.9 Å². The van der Waals surface area contributed by atoms with Gasteiger partial charge in [0.2, 0.25) is 23.5 Å². The average molecular weight is 1810 g/mol. The number of fused-ring (bicyclic) bond motifs is 5. The van der Waals surface area contributed by atoms with Crippen molar-refractivity contribution in [3.05, 3.63) is 84.0 Å². The van der Waals surface area contributed by atoms with E-state index in [-0.39, 0.29) is 118 Å². The molecule has 7 heterocycles. The molecular weight excluding hydrogens is 1670 g/mol. The van der Waals surface area contributed by atoms with E-state index >= 15 is 0 Å². The molecule has 714 valence electrons. The smallest absolute Gasteiger partial charge is 0.329 e. The van der Waals surface area contributed by atoms with E-state index in [0.29, 0.717) is 209 Å². The van der Waals surface area contributed by atoms with Gasteiger partial charge < -0.3 is 110 Å². The topological polar surface area (TPSA) is 517 Å². The number of hydrogen-bond donors (Lipinski definition) is 9. The number of esters is 1. The number of nitrogens with zero attached hydrogens (tertiary/aromatic N) is 9. The molecule has 0 radical (unpaired) electrons. The number of anilines is 2. The predicted molar refractivity (Wildman–Crippen MR) is 476 cm³/mol. The fourth-order valence-corrected chi connectivity index (χ4v) is 16.5. The van der Waals surface area contributed by atoms with E-state index in [2.05, 4.69) is 41.2 Å². The number of aryl methyl sites for hydroxylation is 2. The molecule has 5 aromatic rings. The van der Waals surface area contributed by atoms with Crippen molar-refractivity contribution in [1.82, 2.24) is 60.6 Å². The van der Waals surface area contributed by atoms with Gasteiger partial charge in [0, 0.05) is 115 Å². The van der Waals surface area contributed by atoms with Crippen molar-refractivity contribution in [1.29, 1.82) is 0 Å². The first-order valence-electron chi connectivity index (χ1n) is 45.4. The van der Waals surface area contributed by atoms with Crippen molar-refractivity contribution in [3.63, 3.8) is 0 Å². The van der Waals surface area contributed by atoms with Crippen LogP contribution in [0.5, 0.6) is 0 Å². The minimum atomic E-state index is -2.51. The van der Waals surface area contributed by atoms with Gasteiger partial charge in [0.15, 0.2) is 17.0 Å². The number of aliphatic hydroxyl groups is 3. The van der Waals surface area contributed by atoms with Gasteiger partial charge in [-0.25, -0.2) is 24.1 Å². The maximum atomic E-state index is 14.7. The number of benzene rings is 1. The summed E-state index contributed by atoms with van der Waals surface area (Å²) in [6.07, 6.45) is 15.3. The summed E-state index contributed by atoms with van der Waals surface area (Å²) in [7, 11) is 3.16. The molecule has 12 N–H and O–H groups in total. The third kappa shape index (κ3) is 32.3. The highest BCUT2D eigenvalue weighted by Crippen LogP contribution is 2.40. The molecule has 4 amide bonds. The number of amides is 4. The van der Waals surface area contributed by atoms with Crippen LogP contribution in [0.3, 0.4) is 0 Å². The van der Waals surface area contributed by atoms with E-state index in [1.165, 1.54) is 19.3 Å². The number of carbonyl (C=O) groups excluding carboxylic acids is 8. The largest absolute Gasteiger partial charge is 0.459 e. The van der Waals surface area contributed by atoms with Gasteiger partial charge in [-0.15, -0.1) is 5.10 Å². The van der Waals surface area contributed by atoms with Crippen LogP contribution in [-0.4, -0.2) is 294 Å². The predicted octanol–water partition coefficient (Wildman–Crippen LogP) is 5.85. The van der Waals surface area contributed by atoms with Gasteiger partial charge in [-0.1, -0.05) is 69.4 Å². The number of nitrogens with two attached hydrogens (primary N) is 3. The zero-order valence-electron chi connectivity index (χ0n) is 76.1. The van der Waals surface area contributed by atoms with Crippen molar-refractivity contribution < 1.29 is 110 Å². The second kappa shape index (κ2) is 53.9. The number of Topliss-reactive ketones (excluding diaryl/α,β-unsaturated/α-hetero) is 3. The lowest BCUT2D eigenvalue weighted by molar-refractivity contribution is -0.265. The number of nitrogen functional groups attached to an aromatic ring is 2. The number of unbranched alkanes of at least 4 members (excludes halogenated alkanes) is 1. The maximum absolute atomic E-state index is 14.7. The van der Waals surface area contributed by atoms with Crippen LogP contribution in [0, 0.1) is 29.6 Å². The van der Waals surface area contributed by atoms with Gasteiger partial charge in [-0.3, -0.25) is 33.6 Å². The Hall–Kier alpha value is -9.26. The highest BCUT2D eigenvalue weighted by atomic mass is 16.6. The highest BCUT2D eigenvalue weighted by Gasteiger charge is 2.53. The number of rotatable bonds is 43. The lowest BCUT2D eigenvalue weighted by Gasteiger charge is -2.42. The van der Waals surface area contributed by atoms with E-state index in [1.807, 2.05) is 62.6 Å². The number of aliphatic hydroxyl groups excluding tert-OH is 2. The number of methoxy groups -OCH3 is 2. The molecule has 3 aliphatic heterocycles. The molecule has 9 rings (SSSR count). The van der Waals surface area contributed by atoms with Crippen molar-refractivity contribution in [2.45, 2.75) is 231 Å². The maximum Gasteiger partial charge on any atom is 0.329 e. The lowest BCUT2D eigenvalue weighted by Crippen LogP contribution is -2.61. The molecule has 15 atom stereocenters. The number of aromatic nitrogens is 8. The Bertz CT molecular complexity index is 4510. The number of piperidine rings is 1. The summed E-state index contributed by atoms with van der Waals surface area (Å²) in [6.45, 7) is 16.5. The first kappa shape index (κ1) is 103. The van der Waals surface area contributed by atoms with Gasteiger partial charge in [0.1, 0.15) is 53.5 Å². The van der Waals surface area contributed by atoms with Crippen molar-refractivity contribution in [2.75, 3.05) is 144 Å². The molecule has 0 unspecified atom stereocenters. The van der Waals surface area contributed by atoms with E-state index < -0.39 is 95.4 Å². The number of allylic oxidation sites excluding steroid dienone is 6. The van der Waals surface area contributed by atoms with Gasteiger partial charge in [0.25, 0.3) is 17.7 Å². The number of ether oxygens (including phenoxy) is 11. The third-order valence-corrected chi connectivity index (χ3v) is 24.0. The van der Waals surface area contributed by atoms with E-state index in [1.54, 1.807) is 50.4 Å². The first-order chi connectivity index (χ1) is 62.2. The van der Waals surface area contributed by atoms with Crippen LogP contribution >= 0.6 is 0 Å². The van der Waals surface area contributed by atoms with Crippen molar-refractivity contribution >= 4 is 80.9 Å². The SMILES string of the molecule is CO[C@H]1C[C@@H]2CC[C@@H](C)[C@@](O)(O2)C(=O)C(=O)N2CCCC[C@H]2C(=O)O[C@H]([C@H](N)C[C@@H]2CC[C@H](n3cc(CCCC(=O)NCCOCCOCCOCCC(=O)NCCOCCOCCOCCOCCC(=O)NCCCCn4nc(-c5ccc6oc(N)nc6c5)c5c(N)ncnc54)nn3)[C@H](OC)C2)CC(=O)[C@H](C)/C=C(\C)[C@@H](O)[C@@H](O)C(=O)[C@H](C)C[C@H](C)/C=C/C=C/C=C/1C. The number of nitrogens with one attached hydrogen (secondary N) is 3. The molecule has 129 heavy (non-hydrogen) atoms. The normalized spacial score (nSPS) is 26.2. The molecule has 38 nitrogen and oxygen atoms in total. The number of ketones is 3. The van der Waals surface area contributed by atoms with Gasteiger partial charge >= 0.3 is 5.97 Å². The number of cyclic esters (lactones) is 1. The number of hydrogen-bond acceptors (Lipinski definition) is 32. The summed E-state index contributed by atoms with van der Waals surface area (Å²) in [5, 5.41) is 57.6. The lowest BCUT2D eigenvalue weighted by atomic mass is 9.79. The van der Waals surface area contributed by atoms with Crippen LogP contribution in [0.25, 0.3) is 33.4 Å². The molecular formula is C91H137N15O23. The summed E-state index contributed by atoms with van der Waals surface area (Å²) in [4.78, 5) is 123. The third-order valence-electron chi connectivity index (χ3n) is 24.0. The minimum absolute atomic E-state index is 0.00764. The minimum Gasteiger partial charge on any atom is -0.459 e. The van der Waals surface area contributed by atoms with Crippen LogP contribution in [0.15, 0.2) is 82.7 Å². The average Bonchev–Trinajstić information content (AvgIpc) is 1.58.